The molecule has 6 atom stereocenters. The number of esters is 1. The quantitative estimate of drug-likeness (QED) is 0.149. The first kappa shape index (κ1) is 34.8. The van der Waals surface area contributed by atoms with Crippen molar-refractivity contribution in [1.29, 1.82) is 0 Å². The molecule has 9 nitrogen and oxygen atoms in total. The Morgan fingerprint density at radius 1 is 0.854 bits per heavy atom. The van der Waals surface area contributed by atoms with Gasteiger partial charge in [-0.3, -0.25) is 4.90 Å². The summed E-state index contributed by atoms with van der Waals surface area (Å²) in [5, 5.41) is 15.1. The van der Waals surface area contributed by atoms with E-state index in [1.807, 2.05) is 72.8 Å². The molecule has 4 aromatic carbocycles. The first-order chi connectivity index (χ1) is 23.2. The second-order valence-electron chi connectivity index (χ2n) is 12.3. The Bertz CT molecular complexity index is 1600. The molecule has 9 heteroatoms. The SMILES string of the molecule is COC(=O)[C@H](Cc1ccccc1)NC(=O)Nc1ccc([C@@H]2O[C@H](CN(C)[C@@H](C)c3ccccc3)[C@H](C)[C@H](c3ccc(CO)cc3)O2)cc1. The van der Waals surface area contributed by atoms with Crippen LogP contribution in [0.4, 0.5) is 10.5 Å². The molecule has 5 rings (SSSR count). The van der Waals surface area contributed by atoms with Crippen LogP contribution in [0.15, 0.2) is 109 Å². The third-order valence-corrected chi connectivity index (χ3v) is 9.05. The third-order valence-electron chi connectivity index (χ3n) is 9.05. The van der Waals surface area contributed by atoms with Gasteiger partial charge >= 0.3 is 12.0 Å². The average molecular weight is 652 g/mol. The zero-order valence-electron chi connectivity index (χ0n) is 27.9. The summed E-state index contributed by atoms with van der Waals surface area (Å²) in [5.41, 5.74) is 5.35. The third kappa shape index (κ3) is 8.87. The van der Waals surface area contributed by atoms with E-state index in [1.165, 1.54) is 12.7 Å². The summed E-state index contributed by atoms with van der Waals surface area (Å²) in [4.78, 5) is 27.6. The number of amides is 2. The fourth-order valence-electron chi connectivity index (χ4n) is 5.99. The van der Waals surface area contributed by atoms with E-state index in [2.05, 4.69) is 60.7 Å². The standard InChI is InChI=1S/C39H45N3O6/c1-26-35(24-42(3)27(2)30-13-9-6-10-14-30)47-38(48-36(26)31-17-15-29(25-43)16-18-31)32-19-21-33(22-20-32)40-39(45)41-34(37(44)46-4)23-28-11-7-5-8-12-28/h5-22,26-27,34-36,38,43H,23-25H2,1-4H3,(H2,40,41,45)/t26-,27-,34-,35+,36+,38+/m0/s1. The highest BCUT2D eigenvalue weighted by Crippen LogP contribution is 2.42. The molecule has 0 unspecified atom stereocenters. The molecule has 252 valence electrons. The van der Waals surface area contributed by atoms with E-state index in [0.717, 1.165) is 22.3 Å². The van der Waals surface area contributed by atoms with Gasteiger partial charge in [-0.15, -0.1) is 0 Å². The van der Waals surface area contributed by atoms with Crippen LogP contribution in [0.1, 0.15) is 60.1 Å². The summed E-state index contributed by atoms with van der Waals surface area (Å²) in [6.45, 7) is 5.01. The topological polar surface area (TPSA) is 109 Å². The number of likely N-dealkylation sites (N-methyl/N-ethyl adjacent to an activating group) is 1. The number of benzene rings is 4. The number of aliphatic hydroxyl groups is 1. The lowest BCUT2D eigenvalue weighted by Gasteiger charge is -2.43. The van der Waals surface area contributed by atoms with E-state index in [4.69, 9.17) is 14.2 Å². The molecule has 0 aromatic heterocycles. The Kier molecular flexibility index (Phi) is 12.0. The molecule has 0 radical (unpaired) electrons. The van der Waals surface area contributed by atoms with Crippen molar-refractivity contribution < 1.29 is 28.9 Å². The van der Waals surface area contributed by atoms with E-state index in [1.54, 1.807) is 12.1 Å². The van der Waals surface area contributed by atoms with Crippen molar-refractivity contribution in [3.63, 3.8) is 0 Å². The van der Waals surface area contributed by atoms with Gasteiger partial charge in [0, 0.05) is 36.2 Å². The molecule has 1 saturated heterocycles. The van der Waals surface area contributed by atoms with E-state index < -0.39 is 24.3 Å². The van der Waals surface area contributed by atoms with Crippen LogP contribution in [0.5, 0.6) is 0 Å². The number of hydrogen-bond acceptors (Lipinski definition) is 7. The minimum Gasteiger partial charge on any atom is -0.467 e. The summed E-state index contributed by atoms with van der Waals surface area (Å²) in [5.74, 6) is -0.487. The Morgan fingerprint density at radius 3 is 2.10 bits per heavy atom. The average Bonchev–Trinajstić information content (AvgIpc) is 3.12. The predicted molar refractivity (Wildman–Crippen MR) is 185 cm³/mol. The number of carbonyl (C=O) groups is 2. The van der Waals surface area contributed by atoms with Crippen molar-refractivity contribution >= 4 is 17.7 Å². The fourth-order valence-corrected chi connectivity index (χ4v) is 5.99. The molecule has 0 bridgehead atoms. The molecule has 48 heavy (non-hydrogen) atoms. The number of nitrogens with zero attached hydrogens (tertiary/aromatic N) is 1. The zero-order chi connectivity index (χ0) is 34.0. The Hall–Kier alpha value is -4.54. The maximum absolute atomic E-state index is 12.9. The largest absolute Gasteiger partial charge is 0.467 e. The molecule has 0 saturated carbocycles. The maximum Gasteiger partial charge on any atom is 0.328 e. The van der Waals surface area contributed by atoms with Gasteiger partial charge in [-0.05, 0) is 48.4 Å². The number of anilines is 1. The summed E-state index contributed by atoms with van der Waals surface area (Å²) >= 11 is 0. The smallest absolute Gasteiger partial charge is 0.328 e. The Labute approximate surface area is 282 Å². The number of carbonyl (C=O) groups excluding carboxylic acids is 2. The van der Waals surface area contributed by atoms with Gasteiger partial charge in [0.15, 0.2) is 6.29 Å². The van der Waals surface area contributed by atoms with Crippen LogP contribution in [0, 0.1) is 5.92 Å². The minimum atomic E-state index is -0.842. The lowest BCUT2D eigenvalue weighted by Crippen LogP contribution is -2.45. The molecule has 0 spiro atoms. The highest BCUT2D eigenvalue weighted by Gasteiger charge is 2.39. The van der Waals surface area contributed by atoms with E-state index in [0.29, 0.717) is 18.7 Å². The van der Waals surface area contributed by atoms with E-state index >= 15 is 0 Å². The van der Waals surface area contributed by atoms with Gasteiger partial charge in [0.05, 0.1) is 25.9 Å². The lowest BCUT2D eigenvalue weighted by molar-refractivity contribution is -0.276. The second kappa shape index (κ2) is 16.5. The van der Waals surface area contributed by atoms with Crippen LogP contribution < -0.4 is 10.6 Å². The first-order valence-corrected chi connectivity index (χ1v) is 16.3. The molecule has 1 aliphatic rings. The van der Waals surface area contributed by atoms with Crippen LogP contribution in [-0.2, 0) is 32.0 Å². The fraction of sp³-hybridized carbons (Fsp3) is 0.333. The van der Waals surface area contributed by atoms with Crippen LogP contribution in [-0.4, -0.2) is 54.9 Å². The summed E-state index contributed by atoms with van der Waals surface area (Å²) in [7, 11) is 3.41. The first-order valence-electron chi connectivity index (χ1n) is 16.3. The van der Waals surface area contributed by atoms with Gasteiger partial charge < -0.3 is 30.0 Å². The molecule has 1 fully saturated rings. The lowest BCUT2D eigenvalue weighted by atomic mass is 9.89. The minimum absolute atomic E-state index is 0.0212. The molecule has 3 N–H and O–H groups in total. The van der Waals surface area contributed by atoms with Crippen LogP contribution in [0.3, 0.4) is 0 Å². The molecule has 2 amide bonds. The van der Waals surface area contributed by atoms with Gasteiger partial charge in [0.1, 0.15) is 6.04 Å². The number of nitrogens with one attached hydrogen (secondary N) is 2. The van der Waals surface area contributed by atoms with E-state index in [-0.39, 0.29) is 30.8 Å². The predicted octanol–water partition coefficient (Wildman–Crippen LogP) is 6.57. The van der Waals surface area contributed by atoms with Gasteiger partial charge in [-0.2, -0.15) is 0 Å². The van der Waals surface area contributed by atoms with Crippen molar-refractivity contribution in [3.05, 3.63) is 137 Å². The number of hydrogen-bond donors (Lipinski definition) is 3. The summed E-state index contributed by atoms with van der Waals surface area (Å²) < 4.78 is 18.2. The number of ether oxygens (including phenoxy) is 3. The molecule has 0 aliphatic carbocycles. The number of aliphatic hydroxyl groups excluding tert-OH is 1. The molecule has 4 aromatic rings. The van der Waals surface area contributed by atoms with Gasteiger partial charge in [-0.1, -0.05) is 104 Å². The monoisotopic (exact) mass is 651 g/mol. The van der Waals surface area contributed by atoms with Crippen molar-refractivity contribution in [3.8, 4) is 0 Å². The van der Waals surface area contributed by atoms with Crippen LogP contribution in [0.25, 0.3) is 0 Å². The number of methoxy groups -OCH3 is 1. The van der Waals surface area contributed by atoms with Crippen LogP contribution >= 0.6 is 0 Å². The summed E-state index contributed by atoms with van der Waals surface area (Å²) in [6, 6.07) is 33.9. The number of rotatable bonds is 12. The number of urea groups is 1. The summed E-state index contributed by atoms with van der Waals surface area (Å²) in [6.07, 6.45) is -0.734. The Balaban J connectivity index is 1.30. The van der Waals surface area contributed by atoms with E-state index in [9.17, 15) is 14.7 Å². The molecular weight excluding hydrogens is 606 g/mol. The molecule has 1 heterocycles. The van der Waals surface area contributed by atoms with Crippen molar-refractivity contribution in [2.75, 3.05) is 26.0 Å². The second-order valence-corrected chi connectivity index (χ2v) is 12.3. The van der Waals surface area contributed by atoms with Gasteiger partial charge in [0.25, 0.3) is 0 Å². The van der Waals surface area contributed by atoms with Crippen molar-refractivity contribution in [2.24, 2.45) is 5.92 Å². The Morgan fingerprint density at radius 2 is 1.48 bits per heavy atom. The van der Waals surface area contributed by atoms with Crippen molar-refractivity contribution in [2.45, 2.75) is 57.5 Å². The maximum atomic E-state index is 12.9. The molecule has 1 aliphatic heterocycles. The highest BCUT2D eigenvalue weighted by atomic mass is 16.7. The van der Waals surface area contributed by atoms with Gasteiger partial charge in [0.2, 0.25) is 0 Å². The zero-order valence-corrected chi connectivity index (χ0v) is 27.9. The highest BCUT2D eigenvalue weighted by molar-refractivity contribution is 5.92. The van der Waals surface area contributed by atoms with Crippen molar-refractivity contribution in [1.82, 2.24) is 10.2 Å². The van der Waals surface area contributed by atoms with Gasteiger partial charge in [-0.25, -0.2) is 9.59 Å². The van der Waals surface area contributed by atoms with Crippen LogP contribution in [0.2, 0.25) is 0 Å². The normalized spacial score (nSPS) is 20.5. The molecular formula is C39H45N3O6.